The molecule has 3 atom stereocenters. The number of thioether (sulfide) groups is 1. The van der Waals surface area contributed by atoms with Crippen molar-refractivity contribution in [2.24, 2.45) is 5.92 Å². The summed E-state index contributed by atoms with van der Waals surface area (Å²) < 4.78 is 0. The molecule has 2 N–H and O–H groups in total. The molecule has 3 nitrogen and oxygen atoms in total. The quantitative estimate of drug-likeness (QED) is 0.752. The van der Waals surface area contributed by atoms with Crippen LogP contribution in [0.5, 0.6) is 0 Å². The van der Waals surface area contributed by atoms with Gasteiger partial charge in [-0.05, 0) is 51.2 Å². The summed E-state index contributed by atoms with van der Waals surface area (Å²) in [5, 5.41) is 13.4. The highest BCUT2D eigenvalue weighted by Gasteiger charge is 2.43. The summed E-state index contributed by atoms with van der Waals surface area (Å²) in [6.07, 6.45) is 4.91. The van der Waals surface area contributed by atoms with E-state index in [9.17, 15) is 9.90 Å². The van der Waals surface area contributed by atoms with Crippen LogP contribution in [0.2, 0.25) is 0 Å². The molecule has 1 aliphatic rings. The van der Waals surface area contributed by atoms with Gasteiger partial charge in [-0.2, -0.15) is 11.8 Å². The molecule has 1 saturated carbocycles. The lowest BCUT2D eigenvalue weighted by Crippen LogP contribution is -2.57. The number of hydrogen-bond donors (Lipinski definition) is 2. The van der Waals surface area contributed by atoms with E-state index in [0.717, 1.165) is 37.4 Å². The fourth-order valence-electron chi connectivity index (χ4n) is 2.72. The maximum Gasteiger partial charge on any atom is 0.323 e. The maximum absolute atomic E-state index is 11.7. The van der Waals surface area contributed by atoms with Crippen molar-refractivity contribution in [1.29, 1.82) is 0 Å². The summed E-state index contributed by atoms with van der Waals surface area (Å²) in [6.45, 7) is 8.54. The Hall–Kier alpha value is -0.220. The van der Waals surface area contributed by atoms with Crippen molar-refractivity contribution < 1.29 is 9.90 Å². The second-order valence-electron chi connectivity index (χ2n) is 6.25. The monoisotopic (exact) mass is 287 g/mol. The van der Waals surface area contributed by atoms with Gasteiger partial charge in [-0.1, -0.05) is 20.3 Å². The summed E-state index contributed by atoms with van der Waals surface area (Å²) in [5.41, 5.74) is -0.695. The van der Waals surface area contributed by atoms with E-state index in [-0.39, 0.29) is 6.04 Å². The minimum absolute atomic E-state index is 0.217. The lowest BCUT2D eigenvalue weighted by molar-refractivity contribution is -0.146. The van der Waals surface area contributed by atoms with Crippen LogP contribution in [0.3, 0.4) is 0 Å². The SMILES string of the molecule is CCC(C)CSC1CCCC(NC(C)C)(C(=O)O)C1. The number of carboxylic acids is 1. The number of rotatable bonds is 7. The summed E-state index contributed by atoms with van der Waals surface area (Å²) >= 11 is 1.97. The first kappa shape index (κ1) is 16.8. The predicted molar refractivity (Wildman–Crippen MR) is 82.8 cm³/mol. The first-order valence-electron chi connectivity index (χ1n) is 7.52. The molecule has 0 aromatic heterocycles. The zero-order chi connectivity index (χ0) is 14.5. The Balaban J connectivity index is 2.61. The van der Waals surface area contributed by atoms with Crippen LogP contribution in [0.1, 0.15) is 59.8 Å². The smallest absolute Gasteiger partial charge is 0.323 e. The second-order valence-corrected chi connectivity index (χ2v) is 7.58. The standard InChI is InChI=1S/C15H29NO2S/c1-5-12(4)10-19-13-7-6-8-15(9-13,14(17)18)16-11(2)3/h11-13,16H,5-10H2,1-4H3,(H,17,18). The third-order valence-electron chi connectivity index (χ3n) is 3.99. The molecule has 1 aliphatic carbocycles. The van der Waals surface area contributed by atoms with Gasteiger partial charge < -0.3 is 5.11 Å². The van der Waals surface area contributed by atoms with Crippen LogP contribution in [0.25, 0.3) is 0 Å². The molecular weight excluding hydrogens is 258 g/mol. The average Bonchev–Trinajstić information content (AvgIpc) is 2.35. The Morgan fingerprint density at radius 3 is 2.68 bits per heavy atom. The Kier molecular flexibility index (Phi) is 6.67. The normalized spacial score (nSPS) is 29.4. The molecule has 0 spiro atoms. The van der Waals surface area contributed by atoms with Crippen LogP contribution in [-0.4, -0.2) is 33.7 Å². The van der Waals surface area contributed by atoms with Gasteiger partial charge in [0.05, 0.1) is 0 Å². The van der Waals surface area contributed by atoms with Crippen LogP contribution in [0, 0.1) is 5.92 Å². The zero-order valence-electron chi connectivity index (χ0n) is 12.7. The molecule has 0 bridgehead atoms. The highest BCUT2D eigenvalue weighted by Crippen LogP contribution is 2.36. The molecule has 0 aromatic rings. The molecule has 3 unspecified atom stereocenters. The van der Waals surface area contributed by atoms with Gasteiger partial charge in [-0.3, -0.25) is 10.1 Å². The number of nitrogens with one attached hydrogen (secondary N) is 1. The third kappa shape index (κ3) is 4.99. The summed E-state index contributed by atoms with van der Waals surface area (Å²) in [5.74, 6) is 1.21. The highest BCUT2D eigenvalue weighted by molar-refractivity contribution is 7.99. The number of hydrogen-bond acceptors (Lipinski definition) is 3. The Morgan fingerprint density at radius 1 is 1.47 bits per heavy atom. The van der Waals surface area contributed by atoms with Gasteiger partial charge in [0.2, 0.25) is 0 Å². The van der Waals surface area contributed by atoms with Crippen molar-refractivity contribution in [3.8, 4) is 0 Å². The molecule has 19 heavy (non-hydrogen) atoms. The summed E-state index contributed by atoms with van der Waals surface area (Å²) in [6, 6.07) is 0.217. The van der Waals surface area contributed by atoms with E-state index in [4.69, 9.17) is 0 Å². The van der Waals surface area contributed by atoms with E-state index < -0.39 is 11.5 Å². The van der Waals surface area contributed by atoms with Crippen LogP contribution >= 0.6 is 11.8 Å². The fourth-order valence-corrected chi connectivity index (χ4v) is 4.30. The Labute approximate surface area is 121 Å². The van der Waals surface area contributed by atoms with Crippen molar-refractivity contribution in [1.82, 2.24) is 5.32 Å². The van der Waals surface area contributed by atoms with Crippen molar-refractivity contribution in [3.63, 3.8) is 0 Å². The molecule has 0 aromatic carbocycles. The molecule has 0 heterocycles. The maximum atomic E-state index is 11.7. The summed E-state index contributed by atoms with van der Waals surface area (Å²) in [4.78, 5) is 11.7. The van der Waals surface area contributed by atoms with E-state index in [1.807, 2.05) is 25.6 Å². The predicted octanol–water partition coefficient (Wildman–Crippen LogP) is 3.53. The van der Waals surface area contributed by atoms with Gasteiger partial charge in [-0.25, -0.2) is 0 Å². The average molecular weight is 287 g/mol. The largest absolute Gasteiger partial charge is 0.480 e. The molecule has 4 heteroatoms. The minimum Gasteiger partial charge on any atom is -0.480 e. The van der Waals surface area contributed by atoms with Crippen LogP contribution in [0.4, 0.5) is 0 Å². The van der Waals surface area contributed by atoms with Crippen LogP contribution in [0.15, 0.2) is 0 Å². The molecule has 0 saturated heterocycles. The lowest BCUT2D eigenvalue weighted by Gasteiger charge is -2.39. The van der Waals surface area contributed by atoms with Gasteiger partial charge in [0, 0.05) is 11.3 Å². The molecule has 1 rings (SSSR count). The molecule has 0 amide bonds. The van der Waals surface area contributed by atoms with Crippen LogP contribution in [-0.2, 0) is 4.79 Å². The number of carbonyl (C=O) groups is 1. The molecular formula is C15H29NO2S. The number of carboxylic acid groups (broad SMARTS) is 1. The van der Waals surface area contributed by atoms with E-state index >= 15 is 0 Å². The third-order valence-corrected chi connectivity index (χ3v) is 5.63. The highest BCUT2D eigenvalue weighted by atomic mass is 32.2. The topological polar surface area (TPSA) is 49.3 Å². The van der Waals surface area contributed by atoms with Crippen molar-refractivity contribution in [3.05, 3.63) is 0 Å². The first-order valence-corrected chi connectivity index (χ1v) is 8.57. The lowest BCUT2D eigenvalue weighted by atomic mass is 9.81. The van der Waals surface area contributed by atoms with Gasteiger partial charge in [0.25, 0.3) is 0 Å². The Morgan fingerprint density at radius 2 is 2.16 bits per heavy atom. The fraction of sp³-hybridized carbons (Fsp3) is 0.933. The van der Waals surface area contributed by atoms with Crippen LogP contribution < -0.4 is 5.32 Å². The van der Waals surface area contributed by atoms with E-state index in [2.05, 4.69) is 19.2 Å². The first-order chi connectivity index (χ1) is 8.89. The zero-order valence-corrected chi connectivity index (χ0v) is 13.6. The van der Waals surface area contributed by atoms with Crippen molar-refractivity contribution in [2.75, 3.05) is 5.75 Å². The molecule has 1 fully saturated rings. The molecule has 112 valence electrons. The van der Waals surface area contributed by atoms with Gasteiger partial charge in [0.15, 0.2) is 0 Å². The van der Waals surface area contributed by atoms with E-state index in [1.54, 1.807) is 0 Å². The van der Waals surface area contributed by atoms with E-state index in [0.29, 0.717) is 5.25 Å². The van der Waals surface area contributed by atoms with Gasteiger partial charge >= 0.3 is 5.97 Å². The van der Waals surface area contributed by atoms with Gasteiger partial charge in [0.1, 0.15) is 5.54 Å². The number of aliphatic carboxylic acids is 1. The van der Waals surface area contributed by atoms with Crippen molar-refractivity contribution >= 4 is 17.7 Å². The molecule has 0 aliphatic heterocycles. The Bertz CT molecular complexity index is 296. The minimum atomic E-state index is -0.695. The summed E-state index contributed by atoms with van der Waals surface area (Å²) in [7, 11) is 0. The molecule has 0 radical (unpaired) electrons. The second kappa shape index (κ2) is 7.53. The van der Waals surface area contributed by atoms with Gasteiger partial charge in [-0.15, -0.1) is 0 Å². The van der Waals surface area contributed by atoms with Crippen molar-refractivity contribution in [2.45, 2.75) is 76.6 Å². The van der Waals surface area contributed by atoms with E-state index in [1.165, 1.54) is 6.42 Å².